The molecule has 5 nitrogen and oxygen atoms in total. The fourth-order valence-electron chi connectivity index (χ4n) is 1.44. The maximum absolute atomic E-state index is 4.10. The largest absolute Gasteiger partial charge is 0.199 e. The average Bonchev–Trinajstić information content (AvgIpc) is 2.83. The van der Waals surface area contributed by atoms with Crippen molar-refractivity contribution in [1.82, 2.24) is 24.6 Å². The van der Waals surface area contributed by atoms with Crippen molar-refractivity contribution in [2.24, 2.45) is 0 Å². The molecule has 0 atom stereocenters. The van der Waals surface area contributed by atoms with Gasteiger partial charge in [0, 0.05) is 11.5 Å². The van der Waals surface area contributed by atoms with Gasteiger partial charge in [0.15, 0.2) is 5.00 Å². The Morgan fingerprint density at radius 2 is 2.07 bits per heavy atom. The minimum atomic E-state index is 0.871. The molecule has 74 valence electrons. The zero-order valence-corrected chi connectivity index (χ0v) is 8.77. The lowest BCUT2D eigenvalue weighted by Crippen LogP contribution is -1.95. The van der Waals surface area contributed by atoms with Gasteiger partial charge >= 0.3 is 0 Å². The van der Waals surface area contributed by atoms with Crippen molar-refractivity contribution in [2.75, 3.05) is 0 Å². The third-order valence-electron chi connectivity index (χ3n) is 2.17. The molecule has 0 saturated carbocycles. The lowest BCUT2D eigenvalue weighted by Gasteiger charge is -1.96. The molecular weight excluding hydrogens is 210 g/mol. The van der Waals surface area contributed by atoms with Crippen molar-refractivity contribution >= 4 is 22.6 Å². The molecule has 2 aromatic heterocycles. The Morgan fingerprint density at radius 1 is 1.20 bits per heavy atom. The molecule has 15 heavy (non-hydrogen) atoms. The Bertz CT molecular complexity index is 612. The van der Waals surface area contributed by atoms with Crippen LogP contribution in [0, 0.1) is 6.92 Å². The fraction of sp³-hybridized carbons (Fsp3) is 0.111. The molecule has 0 aliphatic heterocycles. The molecule has 0 N–H and O–H groups in total. The van der Waals surface area contributed by atoms with E-state index in [1.165, 1.54) is 11.5 Å². The van der Waals surface area contributed by atoms with E-state index < -0.39 is 0 Å². The van der Waals surface area contributed by atoms with E-state index in [2.05, 4.69) is 19.9 Å². The van der Waals surface area contributed by atoms with Crippen LogP contribution in [0.25, 0.3) is 16.0 Å². The number of hydrogen-bond acceptors (Lipinski definition) is 5. The predicted octanol–water partition coefficient (Wildman–Crippen LogP) is 1.58. The van der Waals surface area contributed by atoms with Crippen LogP contribution < -0.4 is 0 Å². The molecule has 0 saturated heterocycles. The Hall–Kier alpha value is -1.82. The highest BCUT2D eigenvalue weighted by molar-refractivity contribution is 7.08. The third kappa shape index (κ3) is 1.22. The second kappa shape index (κ2) is 3.09. The van der Waals surface area contributed by atoms with Crippen LogP contribution in [-0.4, -0.2) is 24.6 Å². The smallest absolute Gasteiger partial charge is 0.163 e. The van der Waals surface area contributed by atoms with E-state index in [-0.39, 0.29) is 0 Å². The summed E-state index contributed by atoms with van der Waals surface area (Å²) in [5.41, 5.74) is 2.73. The molecule has 3 aromatic rings. The van der Waals surface area contributed by atoms with Gasteiger partial charge in [0.2, 0.25) is 0 Å². The van der Waals surface area contributed by atoms with Crippen LogP contribution >= 0.6 is 11.5 Å². The van der Waals surface area contributed by atoms with Crippen molar-refractivity contribution in [1.29, 1.82) is 0 Å². The van der Waals surface area contributed by atoms with Crippen LogP contribution in [0.5, 0.6) is 0 Å². The number of aromatic nitrogens is 5. The first-order chi connectivity index (χ1) is 7.36. The molecule has 0 amide bonds. The summed E-state index contributed by atoms with van der Waals surface area (Å²) in [4.78, 5) is 0. The molecule has 0 unspecified atom stereocenters. The van der Waals surface area contributed by atoms with Crippen molar-refractivity contribution in [2.45, 2.75) is 6.92 Å². The Balaban J connectivity index is 2.32. The zero-order valence-electron chi connectivity index (χ0n) is 7.95. The Labute approximate surface area is 89.5 Å². The topological polar surface area (TPSA) is 56.5 Å². The number of benzene rings is 1. The van der Waals surface area contributed by atoms with Gasteiger partial charge in [0.25, 0.3) is 0 Å². The van der Waals surface area contributed by atoms with Crippen LogP contribution in [0.2, 0.25) is 0 Å². The maximum atomic E-state index is 4.10. The standard InChI is InChI=1S/C9H7N5S/c1-6-9(15-13-10-6)14-8-5-3-2-4-7(8)11-12-14/h2-5H,1H3. The van der Waals surface area contributed by atoms with Crippen LogP contribution in [0.1, 0.15) is 5.69 Å². The summed E-state index contributed by atoms with van der Waals surface area (Å²) in [6.45, 7) is 1.91. The molecule has 0 radical (unpaired) electrons. The first-order valence-corrected chi connectivity index (χ1v) is 5.23. The quantitative estimate of drug-likeness (QED) is 0.621. The number of hydrogen-bond donors (Lipinski definition) is 0. The first kappa shape index (κ1) is 8.49. The molecular formula is C9H7N5S. The van der Waals surface area contributed by atoms with Crippen molar-refractivity contribution in [3.05, 3.63) is 30.0 Å². The Morgan fingerprint density at radius 3 is 2.87 bits per heavy atom. The van der Waals surface area contributed by atoms with E-state index in [0.29, 0.717) is 0 Å². The van der Waals surface area contributed by atoms with Crippen LogP contribution in [0.15, 0.2) is 24.3 Å². The molecule has 0 aliphatic rings. The second-order valence-electron chi connectivity index (χ2n) is 3.15. The van der Waals surface area contributed by atoms with Gasteiger partial charge in [-0.2, -0.15) is 4.68 Å². The van der Waals surface area contributed by atoms with Gasteiger partial charge in [0.05, 0.1) is 11.2 Å². The fourth-order valence-corrected chi connectivity index (χ4v) is 2.07. The van der Waals surface area contributed by atoms with Crippen molar-refractivity contribution < 1.29 is 0 Å². The maximum Gasteiger partial charge on any atom is 0.163 e. The third-order valence-corrected chi connectivity index (χ3v) is 2.98. The van der Waals surface area contributed by atoms with Gasteiger partial charge in [0.1, 0.15) is 5.52 Å². The summed E-state index contributed by atoms with van der Waals surface area (Å²) in [6.07, 6.45) is 0. The first-order valence-electron chi connectivity index (χ1n) is 4.46. The second-order valence-corrected chi connectivity index (χ2v) is 3.89. The Kier molecular flexibility index (Phi) is 1.75. The summed E-state index contributed by atoms with van der Waals surface area (Å²) in [7, 11) is 0. The van der Waals surface area contributed by atoms with Gasteiger partial charge in [-0.15, -0.1) is 10.2 Å². The molecule has 0 fully saturated rings. The number of para-hydroxylation sites is 1. The highest BCUT2D eigenvalue weighted by Crippen LogP contribution is 2.19. The summed E-state index contributed by atoms with van der Waals surface area (Å²) in [5.74, 6) is 0. The van der Waals surface area contributed by atoms with Gasteiger partial charge in [-0.1, -0.05) is 21.8 Å². The van der Waals surface area contributed by atoms with Crippen LogP contribution in [-0.2, 0) is 0 Å². The van der Waals surface area contributed by atoms with E-state index >= 15 is 0 Å². The zero-order chi connectivity index (χ0) is 10.3. The van der Waals surface area contributed by atoms with Crippen molar-refractivity contribution in [3.63, 3.8) is 0 Å². The van der Waals surface area contributed by atoms with Gasteiger partial charge in [-0.05, 0) is 19.1 Å². The number of aryl methyl sites for hydroxylation is 1. The van der Waals surface area contributed by atoms with Gasteiger partial charge in [-0.25, -0.2) is 0 Å². The molecule has 6 heteroatoms. The summed E-state index contributed by atoms with van der Waals surface area (Å²) >= 11 is 1.32. The van der Waals surface area contributed by atoms with E-state index in [4.69, 9.17) is 0 Å². The highest BCUT2D eigenvalue weighted by Gasteiger charge is 2.10. The number of rotatable bonds is 1. The summed E-state index contributed by atoms with van der Waals surface area (Å²) < 4.78 is 5.66. The van der Waals surface area contributed by atoms with E-state index in [1.54, 1.807) is 4.68 Å². The normalized spacial score (nSPS) is 11.0. The van der Waals surface area contributed by atoms with E-state index in [9.17, 15) is 0 Å². The van der Waals surface area contributed by atoms with Gasteiger partial charge < -0.3 is 0 Å². The number of nitrogens with zero attached hydrogens (tertiary/aromatic N) is 5. The molecule has 0 bridgehead atoms. The van der Waals surface area contributed by atoms with Gasteiger partial charge in [-0.3, -0.25) is 0 Å². The van der Waals surface area contributed by atoms with Crippen LogP contribution in [0.4, 0.5) is 0 Å². The lowest BCUT2D eigenvalue weighted by atomic mass is 10.3. The molecule has 3 rings (SSSR count). The highest BCUT2D eigenvalue weighted by atomic mass is 32.1. The predicted molar refractivity (Wildman–Crippen MR) is 57.1 cm³/mol. The average molecular weight is 217 g/mol. The number of fused-ring (bicyclic) bond motifs is 1. The molecule has 2 heterocycles. The van der Waals surface area contributed by atoms with E-state index in [1.807, 2.05) is 31.2 Å². The lowest BCUT2D eigenvalue weighted by molar-refractivity contribution is 0.827. The SMILES string of the molecule is Cc1nnsc1-n1nnc2ccccc21. The summed E-state index contributed by atoms with van der Waals surface area (Å²) in [5, 5.41) is 13.1. The minimum absolute atomic E-state index is 0.871. The minimum Gasteiger partial charge on any atom is -0.199 e. The molecule has 0 aliphatic carbocycles. The summed E-state index contributed by atoms with van der Waals surface area (Å²) in [6, 6.07) is 7.82. The van der Waals surface area contributed by atoms with Crippen molar-refractivity contribution in [3.8, 4) is 5.00 Å². The molecule has 0 spiro atoms. The van der Waals surface area contributed by atoms with E-state index in [0.717, 1.165) is 21.7 Å². The van der Waals surface area contributed by atoms with Crippen LogP contribution in [0.3, 0.4) is 0 Å². The molecule has 1 aromatic carbocycles. The monoisotopic (exact) mass is 217 g/mol.